The molecule has 0 saturated heterocycles. The molecule has 0 N–H and O–H groups in total. The largest absolute Gasteiger partial charge is 0.308 e. The van der Waals surface area contributed by atoms with Crippen molar-refractivity contribution in [1.82, 2.24) is 23.5 Å². The molecule has 0 bridgehead atoms. The van der Waals surface area contributed by atoms with E-state index in [0.717, 1.165) is 32.6 Å². The van der Waals surface area contributed by atoms with Gasteiger partial charge in [0.05, 0.1) is 44.0 Å². The molecule has 0 aliphatic rings. The van der Waals surface area contributed by atoms with E-state index in [4.69, 9.17) is 9.97 Å². The van der Waals surface area contributed by atoms with E-state index < -0.39 is 0 Å². The molecule has 0 spiro atoms. The van der Waals surface area contributed by atoms with Crippen LogP contribution in [0.25, 0.3) is 125 Å². The number of para-hydroxylation sites is 4. The summed E-state index contributed by atoms with van der Waals surface area (Å²) in [6.45, 7) is 0. The minimum absolute atomic E-state index is 0.666. The molecule has 258 valence electrons. The van der Waals surface area contributed by atoms with Gasteiger partial charge in [-0.1, -0.05) is 121 Å². The summed E-state index contributed by atoms with van der Waals surface area (Å²) in [5, 5.41) is 14.5. The van der Waals surface area contributed by atoms with Crippen molar-refractivity contribution >= 4 is 124 Å². The van der Waals surface area contributed by atoms with Crippen molar-refractivity contribution in [3.63, 3.8) is 0 Å². The Kier molecular flexibility index (Phi) is 5.34. The minimum atomic E-state index is 0.666. The second-order valence-electron chi connectivity index (χ2n) is 14.9. The van der Waals surface area contributed by atoms with Gasteiger partial charge in [0.2, 0.25) is 5.95 Å². The van der Waals surface area contributed by atoms with Crippen LogP contribution >= 0.6 is 11.3 Å². The van der Waals surface area contributed by atoms with Crippen molar-refractivity contribution in [1.29, 1.82) is 0 Å². The first-order valence-corrected chi connectivity index (χ1v) is 19.8. The summed E-state index contributed by atoms with van der Waals surface area (Å²) in [5.74, 6) is 1.56. The Morgan fingerprint density at radius 3 is 1.71 bits per heavy atom. The van der Waals surface area contributed by atoms with E-state index in [-0.39, 0.29) is 0 Å². The average molecular weight is 730 g/mol. The van der Waals surface area contributed by atoms with Crippen LogP contribution in [0.1, 0.15) is 0 Å². The van der Waals surface area contributed by atoms with Crippen LogP contribution in [0.3, 0.4) is 0 Å². The van der Waals surface area contributed by atoms with Gasteiger partial charge in [0, 0.05) is 53.2 Å². The zero-order chi connectivity index (χ0) is 36.2. The van der Waals surface area contributed by atoms with Gasteiger partial charge in [0.1, 0.15) is 4.83 Å². The lowest BCUT2D eigenvalue weighted by molar-refractivity contribution is 0.978. The first-order valence-electron chi connectivity index (χ1n) is 19.0. The van der Waals surface area contributed by atoms with Gasteiger partial charge in [-0.15, -0.1) is 11.3 Å². The molecule has 0 aliphatic heterocycles. The average Bonchev–Trinajstić information content (AvgIpc) is 4.05. The summed E-state index contributed by atoms with van der Waals surface area (Å²) in [6, 6.07) is 59.5. The van der Waals surface area contributed by atoms with E-state index >= 15 is 0 Å². The lowest BCUT2D eigenvalue weighted by Crippen LogP contribution is -2.06. The van der Waals surface area contributed by atoms with Crippen LogP contribution in [-0.4, -0.2) is 23.5 Å². The fraction of sp³-hybridized carbons (Fsp3) is 0. The Balaban J connectivity index is 1.27. The van der Waals surface area contributed by atoms with Crippen LogP contribution in [0.15, 0.2) is 164 Å². The van der Waals surface area contributed by atoms with Gasteiger partial charge in [-0.2, -0.15) is 4.98 Å². The smallest absolute Gasteiger partial charge is 0.238 e. The highest BCUT2D eigenvalue weighted by Crippen LogP contribution is 2.49. The molecule has 56 heavy (non-hydrogen) atoms. The highest BCUT2D eigenvalue weighted by atomic mass is 32.1. The van der Waals surface area contributed by atoms with Crippen molar-refractivity contribution in [3.8, 4) is 11.8 Å². The number of hydrogen-bond donors (Lipinski definition) is 0. The molecule has 0 radical (unpaired) electrons. The molecule has 0 aliphatic carbocycles. The van der Waals surface area contributed by atoms with Gasteiger partial charge in [0.15, 0.2) is 5.82 Å². The molecule has 14 aromatic rings. The maximum absolute atomic E-state index is 5.77. The molecule has 0 atom stereocenters. The third kappa shape index (κ3) is 3.47. The Morgan fingerprint density at radius 2 is 0.964 bits per heavy atom. The summed E-state index contributed by atoms with van der Waals surface area (Å²) in [4.78, 5) is 12.2. The van der Waals surface area contributed by atoms with E-state index in [1.54, 1.807) is 11.3 Å². The molecule has 5 nitrogen and oxygen atoms in total. The van der Waals surface area contributed by atoms with Gasteiger partial charge in [0.25, 0.3) is 0 Å². The van der Waals surface area contributed by atoms with Gasteiger partial charge < -0.3 is 4.40 Å². The third-order valence-electron chi connectivity index (χ3n) is 12.2. The van der Waals surface area contributed by atoms with E-state index in [1.807, 2.05) is 0 Å². The van der Waals surface area contributed by atoms with Gasteiger partial charge in [-0.25, -0.2) is 4.98 Å². The number of hydrogen-bond acceptors (Lipinski definition) is 3. The molecule has 0 fully saturated rings. The summed E-state index contributed by atoms with van der Waals surface area (Å²) >= 11 is 1.74. The predicted molar refractivity (Wildman–Crippen MR) is 236 cm³/mol. The van der Waals surface area contributed by atoms with E-state index in [2.05, 4.69) is 177 Å². The highest BCUT2D eigenvalue weighted by molar-refractivity contribution is 7.25. The number of thiophene rings is 1. The Hall–Kier alpha value is -7.28. The van der Waals surface area contributed by atoms with E-state index in [1.165, 1.54) is 86.0 Å². The fourth-order valence-electron chi connectivity index (χ4n) is 9.99. The standard InChI is InChI=1S/C50H27N5S/c1-2-14-29-28(13-1)25-26-41-43(29)36-27-35-32-17-5-8-20-37(32)53-40-23-11-6-18-33(40)44(46(35)53)47(36)55(41)48-45-34-19-7-12-24-42(34)56-49(45)52-50(51-48)54-38-21-9-3-15-30(38)31-16-4-10-22-39(31)54/h1-27H. The molecule has 14 rings (SSSR count). The zero-order valence-electron chi connectivity index (χ0n) is 29.7. The van der Waals surface area contributed by atoms with Gasteiger partial charge in [-0.3, -0.25) is 9.13 Å². The quantitative estimate of drug-likeness (QED) is 0.178. The minimum Gasteiger partial charge on any atom is -0.308 e. The summed E-state index contributed by atoms with van der Waals surface area (Å²) in [7, 11) is 0. The van der Waals surface area contributed by atoms with Crippen molar-refractivity contribution in [2.45, 2.75) is 0 Å². The molecule has 8 aromatic carbocycles. The number of benzene rings is 8. The zero-order valence-corrected chi connectivity index (χ0v) is 30.5. The van der Waals surface area contributed by atoms with Crippen LogP contribution in [0, 0.1) is 0 Å². The second-order valence-corrected chi connectivity index (χ2v) is 16.0. The maximum atomic E-state index is 5.77. The third-order valence-corrected chi connectivity index (χ3v) is 13.3. The normalized spacial score (nSPS) is 12.6. The number of nitrogens with zero attached hydrogens (tertiary/aromatic N) is 5. The number of aromatic nitrogens is 5. The van der Waals surface area contributed by atoms with Crippen molar-refractivity contribution in [2.75, 3.05) is 0 Å². The van der Waals surface area contributed by atoms with Gasteiger partial charge >= 0.3 is 0 Å². The van der Waals surface area contributed by atoms with Crippen LogP contribution < -0.4 is 0 Å². The van der Waals surface area contributed by atoms with E-state index in [0.29, 0.717) is 5.95 Å². The lowest BCUT2D eigenvalue weighted by Gasteiger charge is -2.13. The predicted octanol–water partition coefficient (Wildman–Crippen LogP) is 13.3. The number of rotatable bonds is 2. The summed E-state index contributed by atoms with van der Waals surface area (Å²) in [5.41, 5.74) is 8.16. The molecule has 6 heterocycles. The summed E-state index contributed by atoms with van der Waals surface area (Å²) < 4.78 is 8.41. The number of fused-ring (bicyclic) bond motifs is 18. The van der Waals surface area contributed by atoms with E-state index in [9.17, 15) is 0 Å². The Morgan fingerprint density at radius 1 is 0.375 bits per heavy atom. The van der Waals surface area contributed by atoms with Crippen LogP contribution in [0.2, 0.25) is 0 Å². The molecule has 6 heteroatoms. The first-order chi connectivity index (χ1) is 27.8. The molecule has 0 amide bonds. The summed E-state index contributed by atoms with van der Waals surface area (Å²) in [6.07, 6.45) is 0. The molecular formula is C50H27N5S. The monoisotopic (exact) mass is 729 g/mol. The maximum Gasteiger partial charge on any atom is 0.238 e. The molecular weight excluding hydrogens is 703 g/mol. The SMILES string of the molecule is c1ccc2c(c1)ccc1c2c2cc3c4ccccc4n4c5ccccc5c(c2n1-c1nc(-n2c5ccccc5c5ccccc52)nc2sc5ccccc5c12)c34. The van der Waals surface area contributed by atoms with Crippen LogP contribution in [-0.2, 0) is 0 Å². The Labute approximate surface area is 321 Å². The van der Waals surface area contributed by atoms with Crippen LogP contribution in [0.5, 0.6) is 0 Å². The molecule has 0 saturated carbocycles. The van der Waals surface area contributed by atoms with Crippen molar-refractivity contribution < 1.29 is 0 Å². The first kappa shape index (κ1) is 29.1. The lowest BCUT2D eigenvalue weighted by atomic mass is 10.0. The fourth-order valence-corrected chi connectivity index (χ4v) is 11.1. The molecule has 6 aromatic heterocycles. The second kappa shape index (κ2) is 10.3. The van der Waals surface area contributed by atoms with Crippen LogP contribution in [0.4, 0.5) is 0 Å². The highest BCUT2D eigenvalue weighted by Gasteiger charge is 2.28. The van der Waals surface area contributed by atoms with Crippen molar-refractivity contribution in [2.24, 2.45) is 0 Å². The van der Waals surface area contributed by atoms with Gasteiger partial charge in [-0.05, 0) is 53.2 Å². The topological polar surface area (TPSA) is 40.0 Å². The Bertz CT molecular complexity index is 3960. The van der Waals surface area contributed by atoms with Crippen molar-refractivity contribution in [3.05, 3.63) is 164 Å². The molecule has 0 unspecified atom stereocenters.